The van der Waals surface area contributed by atoms with Gasteiger partial charge in [-0.15, -0.1) is 0 Å². The Bertz CT molecular complexity index is 1470. The van der Waals surface area contributed by atoms with Crippen molar-refractivity contribution in [2.24, 2.45) is 33.5 Å². The maximum absolute atomic E-state index is 13.0. The fourth-order valence-corrected chi connectivity index (χ4v) is 15.7. The van der Waals surface area contributed by atoms with Crippen LogP contribution in [0.1, 0.15) is 105 Å². The van der Waals surface area contributed by atoms with Gasteiger partial charge in [0.15, 0.2) is 0 Å². The van der Waals surface area contributed by atoms with E-state index in [2.05, 4.69) is 52.0 Å². The Morgan fingerprint density at radius 2 is 0.913 bits per heavy atom. The molecule has 6 aliphatic rings. The van der Waals surface area contributed by atoms with Gasteiger partial charge in [-0.2, -0.15) is 0 Å². The second kappa shape index (κ2) is 11.7. The molecule has 46 heavy (non-hydrogen) atoms. The van der Waals surface area contributed by atoms with Gasteiger partial charge < -0.3 is 0 Å². The summed E-state index contributed by atoms with van der Waals surface area (Å²) in [6.07, 6.45) is 25.1. The monoisotopic (exact) mass is 672 g/mol. The van der Waals surface area contributed by atoms with Crippen molar-refractivity contribution in [1.82, 2.24) is 8.61 Å². The van der Waals surface area contributed by atoms with Crippen LogP contribution >= 0.6 is 0 Å². The zero-order valence-corrected chi connectivity index (χ0v) is 29.6. The second-order valence-corrected chi connectivity index (χ2v) is 19.7. The third-order valence-electron chi connectivity index (χ3n) is 13.6. The first kappa shape index (κ1) is 33.7. The standard InChI is InChI=1S/C36H52N2O6S2/c1-33(2)27-19-21-35(33)25-45(41,42)37(29(35)23-27)31(39)17-15-13-11-9-7-5-6-8-10-12-14-16-18-32(40)38-30-24-28-20-22-36(30,34(28,3)4)26-46(38,43)44/h7-10,15-18,27-30H,5-6,11-14,19-26H2,1-4H3/b9-7+,10-8+,17-15-,18-16-/t27-,28-,29-,30-,35-,36-/m0/s1. The zero-order chi connectivity index (χ0) is 33.2. The topological polar surface area (TPSA) is 109 Å². The Hall–Kier alpha value is -2.20. The molecule has 8 nitrogen and oxygen atoms in total. The van der Waals surface area contributed by atoms with Crippen LogP contribution < -0.4 is 0 Å². The normalized spacial score (nSPS) is 37.5. The van der Waals surface area contributed by atoms with Crippen LogP contribution in [0.15, 0.2) is 48.6 Å². The summed E-state index contributed by atoms with van der Waals surface area (Å²) in [7, 11) is -7.16. The summed E-state index contributed by atoms with van der Waals surface area (Å²) in [6.45, 7) is 8.75. The fraction of sp³-hybridized carbons (Fsp3) is 0.722. The Balaban J connectivity index is 0.867. The van der Waals surface area contributed by atoms with Crippen LogP contribution in [-0.2, 0) is 29.6 Å². The molecular formula is C36H52N2O6S2. The summed E-state index contributed by atoms with van der Waals surface area (Å²) in [5.41, 5.74) is -0.666. The summed E-state index contributed by atoms with van der Waals surface area (Å²) in [4.78, 5) is 26.0. The minimum Gasteiger partial charge on any atom is -0.269 e. The molecule has 0 unspecified atom stereocenters. The summed E-state index contributed by atoms with van der Waals surface area (Å²) >= 11 is 0. The average Bonchev–Trinajstić information content (AvgIpc) is 3.66. The molecule has 2 saturated heterocycles. The molecule has 0 aromatic rings. The number of carbonyl (C=O) groups excluding carboxylic acids is 2. The molecular weight excluding hydrogens is 621 g/mol. The number of nitrogens with zero attached hydrogens (tertiary/aromatic N) is 2. The first-order valence-corrected chi connectivity index (χ1v) is 20.6. The third-order valence-corrected chi connectivity index (χ3v) is 17.4. The molecule has 6 rings (SSSR count). The quantitative estimate of drug-likeness (QED) is 0.145. The summed E-state index contributed by atoms with van der Waals surface area (Å²) in [5, 5.41) is 0. The van der Waals surface area contributed by atoms with E-state index >= 15 is 0 Å². The van der Waals surface area contributed by atoms with Gasteiger partial charge in [-0.25, -0.2) is 25.4 Å². The maximum atomic E-state index is 13.0. The summed E-state index contributed by atoms with van der Waals surface area (Å²) < 4.78 is 54.5. The highest BCUT2D eigenvalue weighted by Crippen LogP contribution is 2.71. The van der Waals surface area contributed by atoms with Crippen molar-refractivity contribution in [3.05, 3.63) is 48.6 Å². The van der Waals surface area contributed by atoms with E-state index in [9.17, 15) is 26.4 Å². The average molecular weight is 673 g/mol. The second-order valence-electron chi connectivity index (χ2n) is 16.0. The van der Waals surface area contributed by atoms with E-state index in [1.165, 1.54) is 20.8 Å². The van der Waals surface area contributed by atoms with Gasteiger partial charge in [0.1, 0.15) is 0 Å². The van der Waals surface area contributed by atoms with E-state index in [0.29, 0.717) is 24.7 Å². The largest absolute Gasteiger partial charge is 0.269 e. The van der Waals surface area contributed by atoms with E-state index in [-0.39, 0.29) is 45.2 Å². The van der Waals surface area contributed by atoms with Crippen molar-refractivity contribution < 1.29 is 26.4 Å². The molecule has 4 saturated carbocycles. The van der Waals surface area contributed by atoms with E-state index in [1.54, 1.807) is 12.2 Å². The fourth-order valence-electron chi connectivity index (χ4n) is 10.7. The van der Waals surface area contributed by atoms with Gasteiger partial charge in [-0.05, 0) is 99.7 Å². The van der Waals surface area contributed by atoms with Crippen molar-refractivity contribution in [2.75, 3.05) is 11.5 Å². The molecule has 6 atom stereocenters. The molecule has 0 radical (unpaired) electrons. The molecule has 2 heterocycles. The van der Waals surface area contributed by atoms with Crippen LogP contribution in [0.5, 0.6) is 0 Å². The number of allylic oxidation sites excluding steroid dienone is 6. The highest BCUT2D eigenvalue weighted by molar-refractivity contribution is 7.90. The van der Waals surface area contributed by atoms with Crippen LogP contribution in [0, 0.1) is 33.5 Å². The lowest BCUT2D eigenvalue weighted by molar-refractivity contribution is -0.124. The lowest BCUT2D eigenvalue weighted by Crippen LogP contribution is -2.43. The molecule has 6 fully saturated rings. The van der Waals surface area contributed by atoms with E-state index in [0.717, 1.165) is 64.2 Å². The lowest BCUT2D eigenvalue weighted by Gasteiger charge is -2.36. The number of unbranched alkanes of at least 4 members (excludes halogenated alkanes) is 3. The number of hydrogen-bond acceptors (Lipinski definition) is 6. The van der Waals surface area contributed by atoms with Crippen LogP contribution in [0.25, 0.3) is 0 Å². The van der Waals surface area contributed by atoms with E-state index in [1.807, 2.05) is 0 Å². The Labute approximate surface area is 276 Å². The molecule has 0 N–H and O–H groups in total. The van der Waals surface area contributed by atoms with Gasteiger partial charge in [0.05, 0.1) is 23.6 Å². The minimum absolute atomic E-state index is 0.0434. The van der Waals surface area contributed by atoms with Crippen molar-refractivity contribution >= 4 is 31.9 Å². The number of fused-ring (bicyclic) bond motifs is 2. The van der Waals surface area contributed by atoms with Gasteiger partial charge in [0.25, 0.3) is 11.8 Å². The first-order chi connectivity index (χ1) is 21.6. The van der Waals surface area contributed by atoms with E-state index in [4.69, 9.17) is 0 Å². The smallest absolute Gasteiger partial charge is 0.259 e. The van der Waals surface area contributed by atoms with Gasteiger partial charge in [-0.1, -0.05) is 64.2 Å². The molecule has 254 valence electrons. The summed E-state index contributed by atoms with van der Waals surface area (Å²) in [6, 6.07) is -0.378. The Morgan fingerprint density at radius 3 is 1.24 bits per heavy atom. The number of hydrogen-bond donors (Lipinski definition) is 0. The van der Waals surface area contributed by atoms with Crippen molar-refractivity contribution in [3.63, 3.8) is 0 Å². The predicted octanol–water partition coefficient (Wildman–Crippen LogP) is 6.29. The predicted molar refractivity (Wildman–Crippen MR) is 180 cm³/mol. The van der Waals surface area contributed by atoms with Gasteiger partial charge >= 0.3 is 0 Å². The van der Waals surface area contributed by atoms with Gasteiger partial charge in [0.2, 0.25) is 20.0 Å². The van der Waals surface area contributed by atoms with Crippen LogP contribution in [0.2, 0.25) is 0 Å². The molecule has 2 amide bonds. The van der Waals surface area contributed by atoms with E-state index < -0.39 is 31.9 Å². The minimum atomic E-state index is -3.58. The molecule has 2 spiro atoms. The highest BCUT2D eigenvalue weighted by Gasteiger charge is 2.73. The lowest BCUT2D eigenvalue weighted by atomic mass is 9.69. The summed E-state index contributed by atoms with van der Waals surface area (Å²) in [5.74, 6) is 0.407. The Kier molecular flexibility index (Phi) is 8.60. The number of rotatable bonds is 11. The molecule has 0 aromatic carbocycles. The molecule has 2 aliphatic heterocycles. The maximum Gasteiger partial charge on any atom is 0.259 e. The number of sulfonamides is 2. The van der Waals surface area contributed by atoms with Gasteiger partial charge in [-0.3, -0.25) is 9.59 Å². The van der Waals surface area contributed by atoms with Crippen molar-refractivity contribution in [1.29, 1.82) is 0 Å². The third kappa shape index (κ3) is 5.10. The molecule has 10 heteroatoms. The van der Waals surface area contributed by atoms with Crippen LogP contribution in [0.4, 0.5) is 0 Å². The zero-order valence-electron chi connectivity index (χ0n) is 28.0. The molecule has 4 aliphatic carbocycles. The molecule has 0 aromatic heterocycles. The van der Waals surface area contributed by atoms with Crippen molar-refractivity contribution in [2.45, 2.75) is 117 Å². The van der Waals surface area contributed by atoms with Crippen molar-refractivity contribution in [3.8, 4) is 0 Å². The highest BCUT2D eigenvalue weighted by atomic mass is 32.2. The SMILES string of the molecule is CC1(C)[C@H]2CC[C@@]13CS(=O)(=O)N(C(=O)/C=C\CC/C=C/CC/C=C/CC/C=C\C(=O)N1[C@H]4C[C@@H]5CC[C@@]4(CS1(=O)=O)C5(C)C)[C@H]3C2. The van der Waals surface area contributed by atoms with Gasteiger partial charge in [0, 0.05) is 23.0 Å². The van der Waals surface area contributed by atoms with Crippen LogP contribution in [-0.4, -0.2) is 60.8 Å². The number of amides is 2. The van der Waals surface area contributed by atoms with Crippen LogP contribution in [0.3, 0.4) is 0 Å². The number of carbonyl (C=O) groups is 2. The Morgan fingerprint density at radius 1 is 0.587 bits per heavy atom. The first-order valence-electron chi connectivity index (χ1n) is 17.4. The molecule has 4 bridgehead atoms.